The summed E-state index contributed by atoms with van der Waals surface area (Å²) in [4.78, 5) is 23.2. The Bertz CT molecular complexity index is 899. The second kappa shape index (κ2) is 6.51. The molecule has 2 aliphatic carbocycles. The number of nitrogens with zero attached hydrogens (tertiary/aromatic N) is 3. The molecule has 26 heavy (non-hydrogen) atoms. The van der Waals surface area contributed by atoms with Crippen molar-refractivity contribution >= 4 is 27.5 Å². The van der Waals surface area contributed by atoms with E-state index in [1.165, 1.54) is 16.8 Å². The van der Waals surface area contributed by atoms with Crippen LogP contribution in [-0.4, -0.2) is 28.0 Å². The molecule has 2 aromatic heterocycles. The van der Waals surface area contributed by atoms with Crippen LogP contribution in [0, 0.1) is 23.2 Å². The van der Waals surface area contributed by atoms with Crippen LogP contribution >= 0.6 is 11.3 Å². The van der Waals surface area contributed by atoms with Crippen LogP contribution in [0.25, 0.3) is 10.2 Å². The number of hydrogen-bond donors (Lipinski definition) is 1. The zero-order valence-electron chi connectivity index (χ0n) is 15.0. The number of carbonyl (C=O) groups is 1. The lowest BCUT2D eigenvalue weighted by atomic mass is 9.89. The van der Waals surface area contributed by atoms with Crippen LogP contribution in [0.1, 0.15) is 43.6 Å². The van der Waals surface area contributed by atoms with Crippen molar-refractivity contribution < 1.29 is 9.53 Å². The van der Waals surface area contributed by atoms with Crippen molar-refractivity contribution in [1.82, 2.24) is 15.3 Å². The Hall–Kier alpha value is -2.20. The van der Waals surface area contributed by atoms with Crippen LogP contribution in [0.4, 0.5) is 0 Å². The van der Waals surface area contributed by atoms with Crippen molar-refractivity contribution in [3.8, 4) is 11.9 Å². The normalized spacial score (nSPS) is 21.5. The molecule has 2 heterocycles. The van der Waals surface area contributed by atoms with Gasteiger partial charge in [0.2, 0.25) is 5.88 Å². The smallest absolute Gasteiger partial charge is 0.259 e. The van der Waals surface area contributed by atoms with E-state index in [9.17, 15) is 10.1 Å². The number of fused-ring (bicyclic) bond motifs is 3. The quantitative estimate of drug-likeness (QED) is 0.874. The van der Waals surface area contributed by atoms with Crippen LogP contribution in [0.3, 0.4) is 0 Å². The summed E-state index contributed by atoms with van der Waals surface area (Å²) in [5, 5.41) is 13.1. The highest BCUT2D eigenvalue weighted by Gasteiger charge is 2.43. The summed E-state index contributed by atoms with van der Waals surface area (Å²) in [6, 6.07) is 2.23. The van der Waals surface area contributed by atoms with Gasteiger partial charge in [-0.15, -0.1) is 11.3 Å². The van der Waals surface area contributed by atoms with E-state index in [2.05, 4.69) is 28.3 Å². The van der Waals surface area contributed by atoms with Crippen molar-refractivity contribution in [1.29, 1.82) is 5.26 Å². The SMILES string of the molecule is CC1CCc2c(sc3ncnc(OCC(=O)NC(C)(C#N)C4CC4)c23)C1. The van der Waals surface area contributed by atoms with E-state index >= 15 is 0 Å². The molecule has 136 valence electrons. The predicted molar refractivity (Wildman–Crippen MR) is 99.0 cm³/mol. The fourth-order valence-electron chi connectivity index (χ4n) is 3.70. The average molecular weight is 370 g/mol. The maximum Gasteiger partial charge on any atom is 0.259 e. The van der Waals surface area contributed by atoms with E-state index < -0.39 is 5.54 Å². The van der Waals surface area contributed by atoms with Crippen LogP contribution in [0.2, 0.25) is 0 Å². The first kappa shape index (κ1) is 17.2. The Kier molecular flexibility index (Phi) is 4.31. The minimum atomic E-state index is -0.806. The van der Waals surface area contributed by atoms with Crippen LogP contribution in [-0.2, 0) is 17.6 Å². The monoisotopic (exact) mass is 370 g/mol. The summed E-state index contributed by atoms with van der Waals surface area (Å²) in [5.74, 6) is 1.12. The predicted octanol–water partition coefficient (Wildman–Crippen LogP) is 3.00. The lowest BCUT2D eigenvalue weighted by Crippen LogP contribution is -2.48. The van der Waals surface area contributed by atoms with Gasteiger partial charge in [-0.05, 0) is 56.4 Å². The highest BCUT2D eigenvalue weighted by Crippen LogP contribution is 2.41. The molecule has 1 N–H and O–H groups in total. The number of nitriles is 1. The number of rotatable bonds is 5. The summed E-state index contributed by atoms with van der Waals surface area (Å²) in [5.41, 5.74) is 0.470. The second-order valence-corrected chi connectivity index (χ2v) is 8.72. The molecule has 0 bridgehead atoms. The highest BCUT2D eigenvalue weighted by molar-refractivity contribution is 7.18. The Labute approximate surface area is 156 Å². The Morgan fingerprint density at radius 1 is 1.46 bits per heavy atom. The van der Waals surface area contributed by atoms with Gasteiger partial charge in [0.1, 0.15) is 16.7 Å². The minimum Gasteiger partial charge on any atom is -0.467 e. The summed E-state index contributed by atoms with van der Waals surface area (Å²) in [6.07, 6.45) is 6.67. The van der Waals surface area contributed by atoms with E-state index in [4.69, 9.17) is 4.74 Å². The van der Waals surface area contributed by atoms with Gasteiger partial charge < -0.3 is 10.1 Å². The molecule has 1 saturated carbocycles. The molecule has 7 heteroatoms. The molecule has 6 nitrogen and oxygen atoms in total. The Balaban J connectivity index is 1.51. The highest BCUT2D eigenvalue weighted by atomic mass is 32.1. The largest absolute Gasteiger partial charge is 0.467 e. The maximum atomic E-state index is 12.3. The first-order chi connectivity index (χ1) is 12.5. The molecule has 2 atom stereocenters. The lowest BCUT2D eigenvalue weighted by Gasteiger charge is -2.22. The Morgan fingerprint density at radius 3 is 3.00 bits per heavy atom. The molecule has 0 aliphatic heterocycles. The second-order valence-electron chi connectivity index (χ2n) is 7.64. The molecule has 0 saturated heterocycles. The topological polar surface area (TPSA) is 87.9 Å². The molecule has 4 rings (SSSR count). The zero-order valence-corrected chi connectivity index (χ0v) is 15.9. The van der Waals surface area contributed by atoms with Crippen LogP contribution in [0.5, 0.6) is 5.88 Å². The van der Waals surface area contributed by atoms with Gasteiger partial charge >= 0.3 is 0 Å². The molecular weight excluding hydrogens is 348 g/mol. The number of hydrogen-bond acceptors (Lipinski definition) is 6. The van der Waals surface area contributed by atoms with Crippen molar-refractivity contribution in [2.45, 2.75) is 51.5 Å². The van der Waals surface area contributed by atoms with Crippen molar-refractivity contribution in [2.24, 2.45) is 11.8 Å². The molecule has 0 spiro atoms. The Morgan fingerprint density at radius 2 is 2.27 bits per heavy atom. The van der Waals surface area contributed by atoms with Crippen molar-refractivity contribution in [3.05, 3.63) is 16.8 Å². The minimum absolute atomic E-state index is 0.142. The standard InChI is InChI=1S/C19H22N4O2S/c1-11-3-6-13-14(7-11)26-18-16(13)17(21-10-22-18)25-8-15(24)23-19(2,9-20)12-4-5-12/h10-12H,3-8H2,1-2H3,(H,23,24). The first-order valence-electron chi connectivity index (χ1n) is 9.10. The van der Waals surface area contributed by atoms with E-state index in [-0.39, 0.29) is 18.4 Å². The van der Waals surface area contributed by atoms with Gasteiger partial charge in [0, 0.05) is 4.88 Å². The zero-order chi connectivity index (χ0) is 18.3. The van der Waals surface area contributed by atoms with Gasteiger partial charge in [-0.1, -0.05) is 6.92 Å². The summed E-state index contributed by atoms with van der Waals surface area (Å²) in [6.45, 7) is 3.91. The molecule has 0 aromatic carbocycles. The van der Waals surface area contributed by atoms with Crippen LogP contribution in [0.15, 0.2) is 6.33 Å². The van der Waals surface area contributed by atoms with Crippen LogP contribution < -0.4 is 10.1 Å². The summed E-state index contributed by atoms with van der Waals surface area (Å²) < 4.78 is 5.76. The number of nitrogens with one attached hydrogen (secondary N) is 1. The molecule has 1 amide bonds. The fourth-order valence-corrected chi connectivity index (χ4v) is 5.04. The first-order valence-corrected chi connectivity index (χ1v) is 9.92. The number of aromatic nitrogens is 2. The molecule has 2 aromatic rings. The molecule has 2 unspecified atom stereocenters. The molecule has 1 fully saturated rings. The average Bonchev–Trinajstić information content (AvgIpc) is 3.41. The molecule has 0 radical (unpaired) electrons. The number of carbonyl (C=O) groups excluding carboxylic acids is 1. The number of ether oxygens (including phenoxy) is 1. The third kappa shape index (κ3) is 3.14. The molecular formula is C19H22N4O2S. The lowest BCUT2D eigenvalue weighted by molar-refractivity contribution is -0.124. The third-order valence-corrected chi connectivity index (χ3v) is 6.58. The van der Waals surface area contributed by atoms with Crippen molar-refractivity contribution in [3.63, 3.8) is 0 Å². The van der Waals surface area contributed by atoms with E-state index in [0.717, 1.165) is 42.3 Å². The van der Waals surface area contributed by atoms with Gasteiger partial charge in [0.05, 0.1) is 11.5 Å². The van der Waals surface area contributed by atoms with Gasteiger partial charge in [0.25, 0.3) is 5.91 Å². The number of thiophene rings is 1. The summed E-state index contributed by atoms with van der Waals surface area (Å²) >= 11 is 1.70. The number of aryl methyl sites for hydroxylation is 1. The van der Waals surface area contributed by atoms with Gasteiger partial charge in [0.15, 0.2) is 6.61 Å². The maximum absolute atomic E-state index is 12.3. The fraction of sp³-hybridized carbons (Fsp3) is 0.579. The van der Waals surface area contributed by atoms with Gasteiger partial charge in [-0.3, -0.25) is 4.79 Å². The van der Waals surface area contributed by atoms with E-state index in [0.29, 0.717) is 11.8 Å². The van der Waals surface area contributed by atoms with Gasteiger partial charge in [-0.25, -0.2) is 9.97 Å². The van der Waals surface area contributed by atoms with Crippen molar-refractivity contribution in [2.75, 3.05) is 6.61 Å². The number of amides is 1. The molecule has 2 aliphatic rings. The van der Waals surface area contributed by atoms with Gasteiger partial charge in [-0.2, -0.15) is 5.26 Å². The van der Waals surface area contributed by atoms with E-state index in [1.807, 2.05) is 0 Å². The summed E-state index contributed by atoms with van der Waals surface area (Å²) in [7, 11) is 0. The third-order valence-electron chi connectivity index (χ3n) is 5.42. The van der Waals surface area contributed by atoms with E-state index in [1.54, 1.807) is 18.3 Å².